The van der Waals surface area contributed by atoms with E-state index in [-0.39, 0.29) is 0 Å². The number of hydrogen-bond donors (Lipinski definition) is 0. The number of nitrogens with zero attached hydrogens (tertiary/aromatic N) is 1. The monoisotopic (exact) mass is 321 g/mol. The van der Waals surface area contributed by atoms with Crippen LogP contribution in [0.5, 0.6) is 0 Å². The van der Waals surface area contributed by atoms with Crippen LogP contribution in [0.2, 0.25) is 0 Å². The lowest BCUT2D eigenvalue weighted by molar-refractivity contribution is 0.866. The van der Waals surface area contributed by atoms with E-state index in [0.29, 0.717) is 5.92 Å². The van der Waals surface area contributed by atoms with Gasteiger partial charge in [0.1, 0.15) is 0 Å². The fraction of sp³-hybridized carbons (Fsp3) is 0.208. The van der Waals surface area contributed by atoms with E-state index in [0.717, 1.165) is 12.8 Å². The summed E-state index contributed by atoms with van der Waals surface area (Å²) in [5.74, 6) is 0.501. The Hall–Kier alpha value is -2.67. The average Bonchev–Trinajstić information content (AvgIpc) is 2.63. The summed E-state index contributed by atoms with van der Waals surface area (Å²) >= 11 is 0. The average molecular weight is 321 g/mol. The molecule has 0 aliphatic heterocycles. The Bertz CT molecular complexity index is 1250. The number of hydrogen-bond acceptors (Lipinski definition) is 1. The molecule has 0 fully saturated rings. The molecular formula is C24H19N. The third-order valence-electron chi connectivity index (χ3n) is 5.95. The molecule has 0 saturated carbocycles. The van der Waals surface area contributed by atoms with E-state index in [1.165, 1.54) is 60.4 Å². The van der Waals surface area contributed by atoms with Crippen molar-refractivity contribution in [3.05, 3.63) is 64.4 Å². The van der Waals surface area contributed by atoms with Crippen LogP contribution in [-0.4, -0.2) is 4.98 Å². The standard InChI is InChI=1S/C24H19N/c1-13(2)18-12-20-24-21-15(6-3-7-17(18)21)11-16-10-9-14-5-4-8-19(25-20)22(14)23(16)24/h3-5,7,9-13H,6,8H2,1-2H3. The minimum Gasteiger partial charge on any atom is -0.252 e. The molecule has 0 N–H and O–H groups in total. The van der Waals surface area contributed by atoms with Gasteiger partial charge in [0.05, 0.1) is 11.2 Å². The first-order chi connectivity index (χ1) is 12.2. The van der Waals surface area contributed by atoms with Crippen molar-refractivity contribution in [3.63, 3.8) is 0 Å². The summed E-state index contributed by atoms with van der Waals surface area (Å²) in [6, 6.07) is 9.32. The predicted molar refractivity (Wildman–Crippen MR) is 108 cm³/mol. The van der Waals surface area contributed by atoms with Gasteiger partial charge in [-0.25, -0.2) is 0 Å². The van der Waals surface area contributed by atoms with Crippen LogP contribution in [0.4, 0.5) is 0 Å². The summed E-state index contributed by atoms with van der Waals surface area (Å²) in [7, 11) is 0. The molecule has 0 amide bonds. The molecule has 120 valence electrons. The topological polar surface area (TPSA) is 12.9 Å². The third kappa shape index (κ3) is 1.61. The van der Waals surface area contributed by atoms with Gasteiger partial charge in [-0.05, 0) is 51.4 Å². The lowest BCUT2D eigenvalue weighted by atomic mass is 9.81. The molecule has 0 saturated heterocycles. The fourth-order valence-corrected chi connectivity index (χ4v) is 4.88. The minimum absolute atomic E-state index is 0.501. The van der Waals surface area contributed by atoms with Gasteiger partial charge in [-0.1, -0.05) is 56.4 Å². The van der Waals surface area contributed by atoms with Crippen LogP contribution in [0.3, 0.4) is 0 Å². The molecule has 1 nitrogen and oxygen atoms in total. The van der Waals surface area contributed by atoms with E-state index in [1.807, 2.05) is 0 Å². The van der Waals surface area contributed by atoms with Gasteiger partial charge in [0.15, 0.2) is 0 Å². The summed E-state index contributed by atoms with van der Waals surface area (Å²) < 4.78 is 0. The van der Waals surface area contributed by atoms with E-state index in [1.54, 1.807) is 0 Å². The van der Waals surface area contributed by atoms with Crippen LogP contribution in [0, 0.1) is 0 Å². The number of rotatable bonds is 1. The van der Waals surface area contributed by atoms with Crippen molar-refractivity contribution in [3.8, 4) is 0 Å². The van der Waals surface area contributed by atoms with Crippen LogP contribution in [0.25, 0.3) is 44.6 Å². The predicted octanol–water partition coefficient (Wildman–Crippen LogP) is 6.24. The van der Waals surface area contributed by atoms with Gasteiger partial charge in [-0.2, -0.15) is 0 Å². The van der Waals surface area contributed by atoms with Gasteiger partial charge < -0.3 is 0 Å². The summed E-state index contributed by atoms with van der Waals surface area (Å²) in [6.07, 6.45) is 11.1. The van der Waals surface area contributed by atoms with Gasteiger partial charge in [0.25, 0.3) is 0 Å². The van der Waals surface area contributed by atoms with Gasteiger partial charge in [-0.3, -0.25) is 4.98 Å². The van der Waals surface area contributed by atoms with Crippen LogP contribution in [0.1, 0.15) is 47.7 Å². The molecule has 0 spiro atoms. The van der Waals surface area contributed by atoms with Crippen molar-refractivity contribution in [2.45, 2.75) is 32.6 Å². The maximum Gasteiger partial charge on any atom is 0.0721 e. The third-order valence-corrected chi connectivity index (χ3v) is 5.95. The highest BCUT2D eigenvalue weighted by Crippen LogP contribution is 2.44. The molecule has 0 unspecified atom stereocenters. The Kier molecular flexibility index (Phi) is 2.44. The molecule has 0 radical (unpaired) electrons. The Morgan fingerprint density at radius 2 is 1.76 bits per heavy atom. The summed E-state index contributed by atoms with van der Waals surface area (Å²) in [6.45, 7) is 4.58. The molecule has 0 bridgehead atoms. The largest absolute Gasteiger partial charge is 0.252 e. The van der Waals surface area contributed by atoms with Crippen molar-refractivity contribution >= 4 is 44.6 Å². The second-order valence-corrected chi connectivity index (χ2v) is 7.74. The quantitative estimate of drug-likeness (QED) is 0.378. The lowest BCUT2D eigenvalue weighted by Crippen LogP contribution is -2.05. The highest BCUT2D eigenvalue weighted by Gasteiger charge is 2.23. The molecule has 1 heterocycles. The normalized spacial score (nSPS) is 15.3. The molecule has 4 aromatic rings. The zero-order valence-electron chi connectivity index (χ0n) is 14.6. The first kappa shape index (κ1) is 13.6. The first-order valence-corrected chi connectivity index (χ1v) is 9.22. The van der Waals surface area contributed by atoms with Crippen LogP contribution >= 0.6 is 0 Å². The molecule has 1 heteroatoms. The second-order valence-electron chi connectivity index (χ2n) is 7.74. The molecule has 3 aromatic carbocycles. The summed E-state index contributed by atoms with van der Waals surface area (Å²) in [5, 5.41) is 6.99. The second kappa shape index (κ2) is 4.49. The smallest absolute Gasteiger partial charge is 0.0721 e. The lowest BCUT2D eigenvalue weighted by Gasteiger charge is -2.24. The minimum atomic E-state index is 0.501. The zero-order valence-corrected chi connectivity index (χ0v) is 14.6. The number of benzene rings is 3. The Balaban J connectivity index is 1.97. The number of aromatic nitrogens is 1. The van der Waals surface area contributed by atoms with Crippen LogP contribution in [-0.2, 0) is 12.8 Å². The van der Waals surface area contributed by atoms with Crippen molar-refractivity contribution in [2.24, 2.45) is 0 Å². The molecule has 2 aliphatic carbocycles. The van der Waals surface area contributed by atoms with Crippen molar-refractivity contribution in [1.82, 2.24) is 4.98 Å². The Morgan fingerprint density at radius 3 is 2.64 bits per heavy atom. The maximum absolute atomic E-state index is 5.14. The van der Waals surface area contributed by atoms with E-state index in [2.05, 4.69) is 62.4 Å². The van der Waals surface area contributed by atoms with E-state index in [4.69, 9.17) is 4.98 Å². The summed E-state index contributed by atoms with van der Waals surface area (Å²) in [4.78, 5) is 5.14. The molecule has 6 rings (SSSR count). The highest BCUT2D eigenvalue weighted by atomic mass is 14.7. The molecule has 2 aliphatic rings. The van der Waals surface area contributed by atoms with E-state index in [9.17, 15) is 0 Å². The van der Waals surface area contributed by atoms with Crippen LogP contribution < -0.4 is 0 Å². The van der Waals surface area contributed by atoms with Gasteiger partial charge in [0.2, 0.25) is 0 Å². The van der Waals surface area contributed by atoms with Gasteiger partial charge in [-0.15, -0.1) is 0 Å². The SMILES string of the molecule is CC(C)c1cc2nc3c4c(ccc5cc6c(c1C=CC6)c2c54)C=CC3. The molecule has 1 aromatic heterocycles. The first-order valence-electron chi connectivity index (χ1n) is 9.22. The van der Waals surface area contributed by atoms with E-state index < -0.39 is 0 Å². The Morgan fingerprint density at radius 1 is 0.880 bits per heavy atom. The molecule has 0 atom stereocenters. The van der Waals surface area contributed by atoms with E-state index >= 15 is 0 Å². The van der Waals surface area contributed by atoms with Crippen molar-refractivity contribution < 1.29 is 0 Å². The number of allylic oxidation sites excluding steroid dienone is 2. The van der Waals surface area contributed by atoms with Gasteiger partial charge >= 0.3 is 0 Å². The number of pyridine rings is 1. The molecular weight excluding hydrogens is 302 g/mol. The van der Waals surface area contributed by atoms with Crippen molar-refractivity contribution in [2.75, 3.05) is 0 Å². The fourth-order valence-electron chi connectivity index (χ4n) is 4.88. The molecule has 25 heavy (non-hydrogen) atoms. The zero-order chi connectivity index (χ0) is 16.7. The Labute approximate surface area is 147 Å². The maximum atomic E-state index is 5.14. The van der Waals surface area contributed by atoms with Gasteiger partial charge in [0, 0.05) is 22.6 Å². The van der Waals surface area contributed by atoms with Crippen molar-refractivity contribution in [1.29, 1.82) is 0 Å². The highest BCUT2D eigenvalue weighted by molar-refractivity contribution is 6.26. The van der Waals surface area contributed by atoms with Crippen LogP contribution in [0.15, 0.2) is 36.4 Å². The summed E-state index contributed by atoms with van der Waals surface area (Å²) in [5.41, 5.74) is 8.03.